The molecule has 0 bridgehead atoms. The van der Waals surface area contributed by atoms with Gasteiger partial charge in [-0.2, -0.15) is 0 Å². The van der Waals surface area contributed by atoms with E-state index in [0.29, 0.717) is 39.0 Å². The predicted octanol–water partition coefficient (Wildman–Crippen LogP) is -0.292. The fourth-order valence-electron chi connectivity index (χ4n) is 2.30. The Morgan fingerprint density at radius 2 is 1.72 bits per heavy atom. The van der Waals surface area contributed by atoms with E-state index in [1.807, 2.05) is 0 Å². The predicted molar refractivity (Wildman–Crippen MR) is 62.7 cm³/mol. The molecule has 2 rings (SSSR count). The minimum atomic E-state index is -0.733. The average Bonchev–Trinajstić information content (AvgIpc) is 2.67. The number of carbonyl (C=O) groups excluding carboxylic acids is 2. The van der Waals surface area contributed by atoms with Gasteiger partial charge in [0.25, 0.3) is 11.8 Å². The lowest BCUT2D eigenvalue weighted by Gasteiger charge is -2.30. The van der Waals surface area contributed by atoms with E-state index in [0.717, 1.165) is 0 Å². The Hall–Kier alpha value is -1.69. The highest BCUT2D eigenvalue weighted by molar-refractivity contribution is 6.12. The van der Waals surface area contributed by atoms with Crippen LogP contribution >= 0.6 is 0 Å². The molecule has 0 radical (unpaired) electrons. The zero-order chi connectivity index (χ0) is 13.1. The monoisotopic (exact) mass is 252 g/mol. The molecule has 2 aliphatic rings. The quantitative estimate of drug-likeness (QED) is 0.695. The van der Waals surface area contributed by atoms with Crippen LogP contribution in [0.1, 0.15) is 12.8 Å². The normalized spacial score (nSPS) is 21.9. The first-order chi connectivity index (χ1) is 8.58. The number of imide groups is 1. The van der Waals surface area contributed by atoms with Gasteiger partial charge in [0.1, 0.15) is 0 Å². The maximum absolute atomic E-state index is 11.3. The second kappa shape index (κ2) is 5.30. The molecule has 0 unspecified atom stereocenters. The third-order valence-corrected chi connectivity index (χ3v) is 3.48. The molecule has 6 nitrogen and oxygen atoms in total. The van der Waals surface area contributed by atoms with Crippen molar-refractivity contribution in [3.63, 3.8) is 0 Å². The van der Waals surface area contributed by atoms with Gasteiger partial charge in [-0.25, -0.2) is 0 Å². The van der Waals surface area contributed by atoms with Crippen LogP contribution in [0.5, 0.6) is 0 Å². The van der Waals surface area contributed by atoms with Crippen LogP contribution < -0.4 is 0 Å². The number of carboxylic acid groups (broad SMARTS) is 1. The summed E-state index contributed by atoms with van der Waals surface area (Å²) in [5.74, 6) is -1.51. The maximum atomic E-state index is 11.3. The largest absolute Gasteiger partial charge is 0.481 e. The van der Waals surface area contributed by atoms with E-state index in [2.05, 4.69) is 4.90 Å². The Balaban J connectivity index is 1.74. The fourth-order valence-corrected chi connectivity index (χ4v) is 2.30. The number of piperidine rings is 1. The van der Waals surface area contributed by atoms with Crippen molar-refractivity contribution in [3.05, 3.63) is 12.2 Å². The molecule has 0 atom stereocenters. The Morgan fingerprint density at radius 3 is 2.22 bits per heavy atom. The molecule has 98 valence electrons. The average molecular weight is 252 g/mol. The van der Waals surface area contributed by atoms with Crippen LogP contribution in [0, 0.1) is 5.92 Å². The van der Waals surface area contributed by atoms with Crippen LogP contribution in [-0.4, -0.2) is 58.9 Å². The van der Waals surface area contributed by atoms with Crippen LogP contribution in [0.3, 0.4) is 0 Å². The molecule has 0 aromatic carbocycles. The summed E-state index contributed by atoms with van der Waals surface area (Å²) in [5, 5.41) is 8.87. The minimum absolute atomic E-state index is 0.252. The number of carbonyl (C=O) groups is 3. The van der Waals surface area contributed by atoms with E-state index < -0.39 is 5.97 Å². The lowest BCUT2D eigenvalue weighted by atomic mass is 9.97. The summed E-state index contributed by atoms with van der Waals surface area (Å²) in [6, 6.07) is 0. The van der Waals surface area contributed by atoms with Crippen molar-refractivity contribution < 1.29 is 19.5 Å². The molecule has 2 amide bonds. The Bertz CT molecular complexity index is 379. The molecular weight excluding hydrogens is 236 g/mol. The van der Waals surface area contributed by atoms with Crippen LogP contribution in [0.4, 0.5) is 0 Å². The van der Waals surface area contributed by atoms with Gasteiger partial charge in [-0.1, -0.05) is 0 Å². The minimum Gasteiger partial charge on any atom is -0.481 e. The fraction of sp³-hybridized carbons (Fsp3) is 0.583. The second-order valence-electron chi connectivity index (χ2n) is 4.62. The molecule has 1 N–H and O–H groups in total. The molecular formula is C12H16N2O4. The zero-order valence-corrected chi connectivity index (χ0v) is 10.0. The molecule has 2 aliphatic heterocycles. The van der Waals surface area contributed by atoms with E-state index in [4.69, 9.17) is 5.11 Å². The van der Waals surface area contributed by atoms with Crippen LogP contribution in [0.25, 0.3) is 0 Å². The van der Waals surface area contributed by atoms with Crippen molar-refractivity contribution >= 4 is 17.8 Å². The number of aliphatic carboxylic acids is 1. The first-order valence-corrected chi connectivity index (χ1v) is 6.06. The third kappa shape index (κ3) is 2.76. The SMILES string of the molecule is O=C(O)C1CCN(CCN2C(=O)C=CC2=O)CC1. The number of likely N-dealkylation sites (tertiary alicyclic amines) is 1. The Morgan fingerprint density at radius 1 is 1.17 bits per heavy atom. The maximum Gasteiger partial charge on any atom is 0.306 e. The first-order valence-electron chi connectivity index (χ1n) is 6.06. The van der Waals surface area contributed by atoms with Crippen molar-refractivity contribution in [3.8, 4) is 0 Å². The van der Waals surface area contributed by atoms with Gasteiger partial charge in [0.15, 0.2) is 0 Å². The van der Waals surface area contributed by atoms with E-state index in [1.54, 1.807) is 0 Å². The van der Waals surface area contributed by atoms with Gasteiger partial charge < -0.3 is 10.0 Å². The Labute approximate surface area is 105 Å². The van der Waals surface area contributed by atoms with E-state index in [9.17, 15) is 14.4 Å². The summed E-state index contributed by atoms with van der Waals surface area (Å²) in [4.78, 5) is 36.7. The van der Waals surface area contributed by atoms with E-state index >= 15 is 0 Å². The van der Waals surface area contributed by atoms with E-state index in [1.165, 1.54) is 17.1 Å². The van der Waals surface area contributed by atoms with Crippen LogP contribution in [-0.2, 0) is 14.4 Å². The van der Waals surface area contributed by atoms with Crippen molar-refractivity contribution in [2.75, 3.05) is 26.2 Å². The lowest BCUT2D eigenvalue weighted by Crippen LogP contribution is -2.42. The van der Waals surface area contributed by atoms with Crippen LogP contribution in [0.15, 0.2) is 12.2 Å². The summed E-state index contributed by atoms with van der Waals surface area (Å²) < 4.78 is 0. The molecule has 2 heterocycles. The smallest absolute Gasteiger partial charge is 0.306 e. The number of amides is 2. The zero-order valence-electron chi connectivity index (χ0n) is 10.0. The second-order valence-corrected chi connectivity index (χ2v) is 4.62. The lowest BCUT2D eigenvalue weighted by molar-refractivity contribution is -0.143. The van der Waals surface area contributed by atoms with Crippen molar-refractivity contribution in [2.24, 2.45) is 5.92 Å². The van der Waals surface area contributed by atoms with Gasteiger partial charge in [-0.15, -0.1) is 0 Å². The van der Waals surface area contributed by atoms with Crippen LogP contribution in [0.2, 0.25) is 0 Å². The van der Waals surface area contributed by atoms with Gasteiger partial charge in [-0.05, 0) is 25.9 Å². The topological polar surface area (TPSA) is 77.9 Å². The number of carboxylic acids is 1. The highest BCUT2D eigenvalue weighted by Crippen LogP contribution is 2.17. The molecule has 0 aromatic rings. The molecule has 0 aromatic heterocycles. The van der Waals surface area contributed by atoms with Crippen molar-refractivity contribution in [1.82, 2.24) is 9.80 Å². The molecule has 1 saturated heterocycles. The van der Waals surface area contributed by atoms with E-state index in [-0.39, 0.29) is 17.7 Å². The molecule has 18 heavy (non-hydrogen) atoms. The van der Waals surface area contributed by atoms with Gasteiger partial charge in [0.05, 0.1) is 5.92 Å². The summed E-state index contributed by atoms with van der Waals surface area (Å²) in [5.41, 5.74) is 0. The summed E-state index contributed by atoms with van der Waals surface area (Å²) in [7, 11) is 0. The van der Waals surface area contributed by atoms with Gasteiger partial charge in [-0.3, -0.25) is 19.3 Å². The molecule has 0 aliphatic carbocycles. The summed E-state index contributed by atoms with van der Waals surface area (Å²) >= 11 is 0. The number of nitrogens with zero attached hydrogens (tertiary/aromatic N) is 2. The van der Waals surface area contributed by atoms with Crippen molar-refractivity contribution in [1.29, 1.82) is 0 Å². The van der Waals surface area contributed by atoms with Gasteiger partial charge in [0, 0.05) is 25.2 Å². The summed E-state index contributed by atoms with van der Waals surface area (Å²) in [6.07, 6.45) is 3.82. The van der Waals surface area contributed by atoms with Gasteiger partial charge >= 0.3 is 5.97 Å². The number of rotatable bonds is 4. The van der Waals surface area contributed by atoms with Gasteiger partial charge in [0.2, 0.25) is 0 Å². The number of hydrogen-bond donors (Lipinski definition) is 1. The van der Waals surface area contributed by atoms with Crippen molar-refractivity contribution in [2.45, 2.75) is 12.8 Å². The summed E-state index contributed by atoms with van der Waals surface area (Å²) in [6.45, 7) is 2.41. The standard InChI is InChI=1S/C12H16N2O4/c15-10-1-2-11(16)14(10)8-7-13-5-3-9(4-6-13)12(17)18/h1-2,9H,3-8H2,(H,17,18). The highest BCUT2D eigenvalue weighted by atomic mass is 16.4. The molecule has 1 fully saturated rings. The Kier molecular flexibility index (Phi) is 3.76. The molecule has 6 heteroatoms. The highest BCUT2D eigenvalue weighted by Gasteiger charge is 2.27. The molecule has 0 saturated carbocycles. The molecule has 0 spiro atoms. The number of hydrogen-bond acceptors (Lipinski definition) is 4. The first kappa shape index (κ1) is 12.8. The third-order valence-electron chi connectivity index (χ3n) is 3.48.